The van der Waals surface area contributed by atoms with Crippen molar-refractivity contribution in [3.8, 4) is 78.1 Å². The monoisotopic (exact) mass is 1790 g/mol. The van der Waals surface area contributed by atoms with Crippen molar-refractivity contribution in [2.24, 2.45) is 0 Å². The molecule has 4 aliphatic carbocycles. The number of hydrogen-bond acceptors (Lipinski definition) is 2. The molecule has 0 N–H and O–H groups in total. The van der Waals surface area contributed by atoms with Gasteiger partial charge in [0.05, 0.1) is 44.5 Å². The van der Waals surface area contributed by atoms with Gasteiger partial charge in [-0.15, -0.1) is 0 Å². The SMILES string of the molecule is CC1(C)c2ccccc2-c2c1ccc1c(N(c3ccc(-c4ccccc4)cc3)c3ccc4c5ccccc5n(-c5ccccc5)c4c3)cccc21.CC1(C)c2ccccc2-c2ccc(N(c3ccc(-c4ccccc4)cc3)c3cccc4c5c(ccc34)C(C)(C)c3ccccc3-5)cc21.c1ccc(C2(c3ccccc3)c3ccccc3-c3c2ccc2c(-n4c5ccccc5c5ccccc54)cccc32)cc1. The largest absolute Gasteiger partial charge is 0.310 e. The fourth-order valence-corrected chi connectivity index (χ4v) is 24.6. The molecule has 0 saturated heterocycles. The van der Waals surface area contributed by atoms with E-state index in [4.69, 9.17) is 0 Å². The van der Waals surface area contributed by atoms with Gasteiger partial charge in [0.25, 0.3) is 0 Å². The fraction of sp³-hybridized carbons (Fsp3) is 0.0735. The fourth-order valence-electron chi connectivity index (χ4n) is 24.6. The Morgan fingerprint density at radius 1 is 0.179 bits per heavy atom. The van der Waals surface area contributed by atoms with E-state index in [1.165, 1.54) is 215 Å². The zero-order valence-electron chi connectivity index (χ0n) is 79.1. The molecule has 4 aliphatic rings. The predicted molar refractivity (Wildman–Crippen MR) is 591 cm³/mol. The number of nitrogens with zero attached hydrogens (tertiary/aromatic N) is 4. The molecule has 4 nitrogen and oxygen atoms in total. The van der Waals surface area contributed by atoms with E-state index in [9.17, 15) is 0 Å². The number of rotatable bonds is 12. The Morgan fingerprint density at radius 3 is 1.00 bits per heavy atom. The lowest BCUT2D eigenvalue weighted by atomic mass is 9.67. The zero-order valence-corrected chi connectivity index (χ0v) is 79.1. The third-order valence-electron chi connectivity index (χ3n) is 31.1. The molecule has 4 heteroatoms. The van der Waals surface area contributed by atoms with Crippen LogP contribution in [0.3, 0.4) is 0 Å². The van der Waals surface area contributed by atoms with E-state index in [1.54, 1.807) is 0 Å². The van der Waals surface area contributed by atoms with Crippen LogP contribution in [-0.4, -0.2) is 9.13 Å². The van der Waals surface area contributed by atoms with Crippen molar-refractivity contribution in [2.75, 3.05) is 9.80 Å². The minimum absolute atomic E-state index is 0.0380. The van der Waals surface area contributed by atoms with Crippen LogP contribution in [0.15, 0.2) is 497 Å². The first-order valence-corrected chi connectivity index (χ1v) is 49.1. The van der Waals surface area contributed by atoms with Crippen molar-refractivity contribution in [1.82, 2.24) is 9.13 Å². The van der Waals surface area contributed by atoms with Crippen LogP contribution in [0.1, 0.15) is 97.2 Å². The Morgan fingerprint density at radius 2 is 0.500 bits per heavy atom. The summed E-state index contributed by atoms with van der Waals surface area (Å²) in [6, 6.07) is 183. The molecule has 664 valence electrons. The first-order valence-electron chi connectivity index (χ1n) is 49.1. The Bertz CT molecular complexity index is 8960. The molecule has 0 bridgehead atoms. The molecule has 22 aromatic carbocycles. The molecule has 0 spiro atoms. The molecule has 0 saturated carbocycles. The van der Waals surface area contributed by atoms with Gasteiger partial charge in [0.2, 0.25) is 0 Å². The second kappa shape index (κ2) is 32.8. The number of fused-ring (bicyclic) bond motifs is 24. The van der Waals surface area contributed by atoms with Crippen molar-refractivity contribution in [3.63, 3.8) is 0 Å². The van der Waals surface area contributed by atoms with E-state index >= 15 is 0 Å². The Labute approximate surface area is 817 Å². The minimum Gasteiger partial charge on any atom is -0.310 e. The standard InChI is InChI=1S/C49H36N2.C46H37N.C41H27N/c1-49(2)43-21-11-9-19-42(43)48-41-20-13-23-45(40(41)30-31-44(48)49)50(36-26-24-34(25-27-36)33-14-5-3-6-15-33)37-28-29-39-38-18-10-12-22-46(38)51(47(39)32-37)35-16-7-4-8-17-35;1-45(2)40-19-11-9-16-38(40)44-37-17-12-20-43(36(37)27-28-41(44)45)47(32-23-21-31(22-24-32)30-13-6-5-7-14-30)33-25-26-35-34-15-8-10-18-39(34)46(3,4)42(35)29-33;1-3-14-28(15-4-1)41(29-16-5-2-6-17-29)35-22-10-7-20-34(35)40-33-21-13-25-39(32(33)26-27-36(40)41)42-37-23-11-8-18-30(37)31-19-9-12-24-38(31)42/h3-32H,1-2H3;5-29H,1-4H3;1-27H. The molecule has 2 aromatic heterocycles. The zero-order chi connectivity index (χ0) is 93.7. The average molecular weight is 1790 g/mol. The van der Waals surface area contributed by atoms with E-state index in [-0.39, 0.29) is 16.2 Å². The Balaban J connectivity index is 0.000000109. The van der Waals surface area contributed by atoms with Crippen molar-refractivity contribution >= 4 is 110 Å². The van der Waals surface area contributed by atoms with Crippen LogP contribution in [0, 0.1) is 0 Å². The maximum Gasteiger partial charge on any atom is 0.0713 e. The number of benzene rings is 22. The average Bonchev–Trinajstić information content (AvgIpc) is 1.52. The highest BCUT2D eigenvalue weighted by Crippen LogP contribution is 2.61. The van der Waals surface area contributed by atoms with Gasteiger partial charge in [0.1, 0.15) is 0 Å². The number of hydrogen-bond donors (Lipinski definition) is 0. The topological polar surface area (TPSA) is 16.3 Å². The number of anilines is 6. The van der Waals surface area contributed by atoms with Crippen LogP contribution in [0.2, 0.25) is 0 Å². The van der Waals surface area contributed by atoms with Crippen molar-refractivity contribution in [2.45, 2.75) is 63.2 Å². The van der Waals surface area contributed by atoms with Gasteiger partial charge in [-0.2, -0.15) is 0 Å². The van der Waals surface area contributed by atoms with E-state index in [2.05, 4.69) is 558 Å². The van der Waals surface area contributed by atoms with Gasteiger partial charge < -0.3 is 18.9 Å². The van der Waals surface area contributed by atoms with Crippen molar-refractivity contribution in [1.29, 1.82) is 0 Å². The molecule has 0 aliphatic heterocycles. The molecule has 2 heterocycles. The Kier molecular flexibility index (Phi) is 19.5. The van der Waals surface area contributed by atoms with Crippen LogP contribution >= 0.6 is 0 Å². The highest BCUT2D eigenvalue weighted by atomic mass is 15.2. The van der Waals surface area contributed by atoms with Gasteiger partial charge in [-0.3, -0.25) is 0 Å². The van der Waals surface area contributed by atoms with Crippen LogP contribution in [-0.2, 0) is 21.7 Å². The summed E-state index contributed by atoms with van der Waals surface area (Å²) in [5.74, 6) is 0. The first kappa shape index (κ1) is 83.4. The normalized spacial score (nSPS) is 13.7. The maximum atomic E-state index is 2.47. The number of para-hydroxylation sites is 4. The second-order valence-electron chi connectivity index (χ2n) is 39.6. The Hall–Kier alpha value is -17.2. The van der Waals surface area contributed by atoms with E-state index in [0.29, 0.717) is 0 Å². The van der Waals surface area contributed by atoms with Gasteiger partial charge in [-0.05, 0) is 236 Å². The molecule has 0 fully saturated rings. The molecule has 0 radical (unpaired) electrons. The van der Waals surface area contributed by atoms with Crippen molar-refractivity contribution < 1.29 is 0 Å². The third kappa shape index (κ3) is 12.9. The first-order chi connectivity index (χ1) is 68.8. The minimum atomic E-state index is -0.397. The van der Waals surface area contributed by atoms with E-state index in [1.807, 2.05) is 0 Å². The van der Waals surface area contributed by atoms with E-state index in [0.717, 1.165) is 28.4 Å². The third-order valence-corrected chi connectivity index (χ3v) is 31.1. The van der Waals surface area contributed by atoms with Crippen LogP contribution < -0.4 is 9.80 Å². The molecular formula is C136H100N4. The second-order valence-corrected chi connectivity index (χ2v) is 39.6. The van der Waals surface area contributed by atoms with Crippen LogP contribution in [0.4, 0.5) is 34.1 Å². The van der Waals surface area contributed by atoms with Crippen LogP contribution in [0.25, 0.3) is 154 Å². The predicted octanol–water partition coefficient (Wildman–Crippen LogP) is 36.3. The quantitative estimate of drug-likeness (QED) is 0.121. The summed E-state index contributed by atoms with van der Waals surface area (Å²) in [6.07, 6.45) is 0. The van der Waals surface area contributed by atoms with Crippen molar-refractivity contribution in [3.05, 3.63) is 553 Å². The van der Waals surface area contributed by atoms with Gasteiger partial charge in [-0.1, -0.05) is 442 Å². The highest BCUT2D eigenvalue weighted by Gasteiger charge is 2.48. The maximum absolute atomic E-state index is 2.47. The van der Waals surface area contributed by atoms with Gasteiger partial charge in [-0.25, -0.2) is 0 Å². The molecule has 0 unspecified atom stereocenters. The smallest absolute Gasteiger partial charge is 0.0713 e. The van der Waals surface area contributed by atoms with Crippen LogP contribution in [0.5, 0.6) is 0 Å². The summed E-state index contributed by atoms with van der Waals surface area (Å²) < 4.78 is 4.85. The lowest BCUT2D eigenvalue weighted by Crippen LogP contribution is -2.28. The summed E-state index contributed by atoms with van der Waals surface area (Å²) >= 11 is 0. The summed E-state index contributed by atoms with van der Waals surface area (Å²) in [6.45, 7) is 14.2. The lowest BCUT2D eigenvalue weighted by Gasteiger charge is -2.34. The molecule has 28 rings (SSSR count). The summed E-state index contributed by atoms with van der Waals surface area (Å²) in [5.41, 5.74) is 42.8. The summed E-state index contributed by atoms with van der Waals surface area (Å²) in [7, 11) is 0. The molecular weight excluding hydrogens is 1690 g/mol. The van der Waals surface area contributed by atoms with E-state index < -0.39 is 5.41 Å². The summed E-state index contributed by atoms with van der Waals surface area (Å²) in [4.78, 5) is 4.91. The summed E-state index contributed by atoms with van der Waals surface area (Å²) in [5, 5.41) is 12.7. The molecule has 0 atom stereocenters. The lowest BCUT2D eigenvalue weighted by molar-refractivity contribution is 0.660. The molecule has 140 heavy (non-hydrogen) atoms. The van der Waals surface area contributed by atoms with Gasteiger partial charge in [0.15, 0.2) is 0 Å². The molecule has 0 amide bonds. The molecule has 24 aromatic rings. The van der Waals surface area contributed by atoms with Gasteiger partial charge in [0, 0.05) is 82.4 Å². The number of aromatic nitrogens is 2. The van der Waals surface area contributed by atoms with Gasteiger partial charge >= 0.3 is 0 Å². The highest BCUT2D eigenvalue weighted by molar-refractivity contribution is 6.16.